The number of benzene rings is 1. The van der Waals surface area contributed by atoms with E-state index in [1.54, 1.807) is 19.1 Å². The maximum absolute atomic E-state index is 11.4. The number of hydrogen-bond acceptors (Lipinski definition) is 3. The standard InChI is InChI=1S/C12H13IO3/c1-3-16-12(15)8(2)11(14)9-5-4-6-10(13)7-9/h4-7,11,14H,2-3H2,1H3. The molecule has 3 nitrogen and oxygen atoms in total. The summed E-state index contributed by atoms with van der Waals surface area (Å²) in [7, 11) is 0. The van der Waals surface area contributed by atoms with Crippen molar-refractivity contribution in [2.24, 2.45) is 0 Å². The molecule has 0 aromatic heterocycles. The molecule has 0 heterocycles. The molecule has 0 fully saturated rings. The first-order valence-electron chi connectivity index (χ1n) is 4.85. The van der Waals surface area contributed by atoms with E-state index in [9.17, 15) is 9.90 Å². The van der Waals surface area contributed by atoms with Gasteiger partial charge in [0.15, 0.2) is 0 Å². The fourth-order valence-electron chi connectivity index (χ4n) is 1.21. The summed E-state index contributed by atoms with van der Waals surface area (Å²) in [5, 5.41) is 9.91. The van der Waals surface area contributed by atoms with Crippen molar-refractivity contribution in [2.45, 2.75) is 13.0 Å². The molecule has 0 spiro atoms. The van der Waals surface area contributed by atoms with Gasteiger partial charge in [-0.3, -0.25) is 0 Å². The van der Waals surface area contributed by atoms with Crippen molar-refractivity contribution in [1.29, 1.82) is 0 Å². The predicted molar refractivity (Wildman–Crippen MR) is 69.9 cm³/mol. The van der Waals surface area contributed by atoms with Gasteiger partial charge in [-0.25, -0.2) is 4.79 Å². The van der Waals surface area contributed by atoms with Crippen LogP contribution in [0.5, 0.6) is 0 Å². The predicted octanol–water partition coefficient (Wildman–Crippen LogP) is 2.44. The molecular weight excluding hydrogens is 319 g/mol. The highest BCUT2D eigenvalue weighted by atomic mass is 127. The summed E-state index contributed by atoms with van der Waals surface area (Å²) >= 11 is 2.14. The molecule has 0 saturated heterocycles. The maximum atomic E-state index is 11.4. The van der Waals surface area contributed by atoms with Crippen LogP contribution >= 0.6 is 22.6 Å². The van der Waals surface area contributed by atoms with Crippen molar-refractivity contribution in [2.75, 3.05) is 6.61 Å². The van der Waals surface area contributed by atoms with Gasteiger partial charge in [0.25, 0.3) is 0 Å². The molecule has 0 aliphatic heterocycles. The molecule has 16 heavy (non-hydrogen) atoms. The van der Waals surface area contributed by atoms with Gasteiger partial charge >= 0.3 is 5.97 Å². The SMILES string of the molecule is C=C(C(=O)OCC)C(O)c1cccc(I)c1. The zero-order valence-electron chi connectivity index (χ0n) is 8.94. The molecule has 0 amide bonds. The van der Waals surface area contributed by atoms with Crippen LogP contribution in [0.2, 0.25) is 0 Å². The Morgan fingerprint density at radius 3 is 2.88 bits per heavy atom. The summed E-state index contributed by atoms with van der Waals surface area (Å²) in [4.78, 5) is 11.4. The Morgan fingerprint density at radius 1 is 1.62 bits per heavy atom. The Bertz CT molecular complexity index is 401. The first-order chi connectivity index (χ1) is 7.56. The zero-order valence-corrected chi connectivity index (χ0v) is 11.1. The van der Waals surface area contributed by atoms with Crippen molar-refractivity contribution in [3.05, 3.63) is 45.6 Å². The van der Waals surface area contributed by atoms with Gasteiger partial charge in [-0.1, -0.05) is 18.7 Å². The van der Waals surface area contributed by atoms with Gasteiger partial charge in [-0.15, -0.1) is 0 Å². The number of aliphatic hydroxyl groups is 1. The second-order valence-corrected chi connectivity index (χ2v) is 4.45. The first kappa shape index (κ1) is 13.2. The minimum absolute atomic E-state index is 0.0591. The van der Waals surface area contributed by atoms with Gasteiger partial charge in [0.05, 0.1) is 12.2 Å². The average Bonchev–Trinajstić information content (AvgIpc) is 2.27. The molecular formula is C12H13IO3. The molecule has 0 aliphatic rings. The summed E-state index contributed by atoms with van der Waals surface area (Å²) in [6, 6.07) is 7.27. The van der Waals surface area contributed by atoms with Crippen molar-refractivity contribution >= 4 is 28.6 Å². The summed E-state index contributed by atoms with van der Waals surface area (Å²) in [5.74, 6) is -0.561. The van der Waals surface area contributed by atoms with Crippen molar-refractivity contribution in [3.8, 4) is 0 Å². The third-order valence-electron chi connectivity index (χ3n) is 2.03. The zero-order chi connectivity index (χ0) is 12.1. The van der Waals surface area contributed by atoms with E-state index in [0.717, 1.165) is 3.57 Å². The summed E-state index contributed by atoms with van der Waals surface area (Å²) in [5.41, 5.74) is 0.703. The minimum Gasteiger partial charge on any atom is -0.463 e. The third-order valence-corrected chi connectivity index (χ3v) is 2.70. The normalized spacial score (nSPS) is 11.9. The number of aliphatic hydroxyl groups excluding tert-OH is 1. The Kier molecular flexibility index (Phi) is 4.95. The van der Waals surface area contributed by atoms with Gasteiger partial charge in [0, 0.05) is 3.57 Å². The molecule has 1 aromatic rings. The summed E-state index contributed by atoms with van der Waals surface area (Å²) < 4.78 is 5.77. The van der Waals surface area contributed by atoms with Crippen LogP contribution in [-0.4, -0.2) is 17.7 Å². The number of ether oxygens (including phenoxy) is 1. The lowest BCUT2D eigenvalue weighted by Gasteiger charge is -2.13. The van der Waals surface area contributed by atoms with Crippen LogP contribution in [-0.2, 0) is 9.53 Å². The largest absolute Gasteiger partial charge is 0.463 e. The Morgan fingerprint density at radius 2 is 2.31 bits per heavy atom. The average molecular weight is 332 g/mol. The smallest absolute Gasteiger partial charge is 0.336 e. The van der Waals surface area contributed by atoms with Crippen LogP contribution in [0.15, 0.2) is 36.4 Å². The van der Waals surface area contributed by atoms with Gasteiger partial charge in [0.2, 0.25) is 0 Å². The van der Waals surface area contributed by atoms with Crippen LogP contribution in [0.4, 0.5) is 0 Å². The van der Waals surface area contributed by atoms with Crippen molar-refractivity contribution < 1.29 is 14.6 Å². The highest BCUT2D eigenvalue weighted by Gasteiger charge is 2.19. The molecule has 1 aromatic carbocycles. The molecule has 0 radical (unpaired) electrons. The summed E-state index contributed by atoms with van der Waals surface area (Å²) in [6.07, 6.45) is -1.01. The minimum atomic E-state index is -1.01. The molecule has 86 valence electrons. The number of esters is 1. The molecule has 0 saturated carbocycles. The van der Waals surface area contributed by atoms with E-state index < -0.39 is 12.1 Å². The van der Waals surface area contributed by atoms with Crippen LogP contribution in [0.25, 0.3) is 0 Å². The third kappa shape index (κ3) is 3.31. The number of hydrogen-bond donors (Lipinski definition) is 1. The lowest BCUT2D eigenvalue weighted by atomic mass is 10.0. The molecule has 1 rings (SSSR count). The fourth-order valence-corrected chi connectivity index (χ4v) is 1.78. The van der Waals surface area contributed by atoms with Crippen LogP contribution in [0.1, 0.15) is 18.6 Å². The van der Waals surface area contributed by atoms with E-state index in [2.05, 4.69) is 29.2 Å². The Hall–Kier alpha value is -0.880. The van der Waals surface area contributed by atoms with Crippen molar-refractivity contribution in [3.63, 3.8) is 0 Å². The number of carbonyl (C=O) groups excluding carboxylic acids is 1. The van der Waals surface area contributed by atoms with Gasteiger partial charge < -0.3 is 9.84 Å². The fraction of sp³-hybridized carbons (Fsp3) is 0.250. The van der Waals surface area contributed by atoms with Crippen LogP contribution in [0.3, 0.4) is 0 Å². The van der Waals surface area contributed by atoms with Gasteiger partial charge in [-0.05, 0) is 47.2 Å². The van der Waals surface area contributed by atoms with Crippen LogP contribution < -0.4 is 0 Å². The maximum Gasteiger partial charge on any atom is 0.336 e. The van der Waals surface area contributed by atoms with E-state index >= 15 is 0 Å². The lowest BCUT2D eigenvalue weighted by molar-refractivity contribution is -0.139. The monoisotopic (exact) mass is 332 g/mol. The van der Waals surface area contributed by atoms with E-state index in [1.807, 2.05) is 12.1 Å². The number of rotatable bonds is 4. The molecule has 4 heteroatoms. The second kappa shape index (κ2) is 6.00. The molecule has 0 bridgehead atoms. The summed E-state index contributed by atoms with van der Waals surface area (Å²) in [6.45, 7) is 5.54. The van der Waals surface area contributed by atoms with E-state index in [0.29, 0.717) is 5.56 Å². The number of halogens is 1. The first-order valence-corrected chi connectivity index (χ1v) is 5.93. The molecule has 1 unspecified atom stereocenters. The van der Waals surface area contributed by atoms with E-state index in [-0.39, 0.29) is 12.2 Å². The van der Waals surface area contributed by atoms with E-state index in [4.69, 9.17) is 4.74 Å². The lowest BCUT2D eigenvalue weighted by Crippen LogP contribution is -2.13. The van der Waals surface area contributed by atoms with Gasteiger partial charge in [-0.2, -0.15) is 0 Å². The Balaban J connectivity index is 2.82. The van der Waals surface area contributed by atoms with E-state index in [1.165, 1.54) is 0 Å². The second-order valence-electron chi connectivity index (χ2n) is 3.20. The molecule has 1 atom stereocenters. The molecule has 0 aliphatic carbocycles. The Labute approximate surface area is 108 Å². The topological polar surface area (TPSA) is 46.5 Å². The highest BCUT2D eigenvalue weighted by Crippen LogP contribution is 2.22. The van der Waals surface area contributed by atoms with Crippen LogP contribution in [0, 0.1) is 3.57 Å². The van der Waals surface area contributed by atoms with Gasteiger partial charge in [0.1, 0.15) is 6.10 Å². The van der Waals surface area contributed by atoms with Crippen molar-refractivity contribution in [1.82, 2.24) is 0 Å². The quantitative estimate of drug-likeness (QED) is 0.523. The molecule has 1 N–H and O–H groups in total. The number of carbonyl (C=O) groups is 1. The highest BCUT2D eigenvalue weighted by molar-refractivity contribution is 14.1.